The number of carbonyl (C=O) groups is 2. The van der Waals surface area contributed by atoms with E-state index in [4.69, 9.17) is 9.47 Å². The van der Waals surface area contributed by atoms with E-state index < -0.39 is 21.7 Å². The molecule has 2 rings (SSSR count). The number of benzene rings is 2. The minimum absolute atomic E-state index is 0.163. The summed E-state index contributed by atoms with van der Waals surface area (Å²) in [5.41, 5.74) is 1.02. The molecule has 2 aromatic rings. The van der Waals surface area contributed by atoms with E-state index in [-0.39, 0.29) is 17.2 Å². The molecule has 0 saturated heterocycles. The molecule has 0 unspecified atom stereocenters. The van der Waals surface area contributed by atoms with Gasteiger partial charge in [0.2, 0.25) is 15.9 Å². The van der Waals surface area contributed by atoms with Crippen LogP contribution >= 0.6 is 0 Å². The molecule has 0 heterocycles. The molecule has 0 aliphatic heterocycles. The van der Waals surface area contributed by atoms with Crippen molar-refractivity contribution < 1.29 is 27.5 Å². The Morgan fingerprint density at radius 3 is 2.22 bits per heavy atom. The number of ether oxygens (including phenoxy) is 2. The van der Waals surface area contributed by atoms with Crippen LogP contribution in [0.4, 0.5) is 16.2 Å². The van der Waals surface area contributed by atoms with Crippen LogP contribution < -0.4 is 20.1 Å². The zero-order valence-electron chi connectivity index (χ0n) is 18.8. The van der Waals surface area contributed by atoms with Crippen molar-refractivity contribution in [1.29, 1.82) is 0 Å². The molecule has 0 fully saturated rings. The Bertz CT molecular complexity index is 1060. The highest BCUT2D eigenvalue weighted by Crippen LogP contribution is 2.28. The minimum atomic E-state index is -3.49. The zero-order chi connectivity index (χ0) is 23.9. The number of aryl methyl sites for hydroxylation is 1. The van der Waals surface area contributed by atoms with E-state index in [0.717, 1.165) is 5.56 Å². The molecule has 32 heavy (non-hydrogen) atoms. The Morgan fingerprint density at radius 2 is 1.66 bits per heavy atom. The summed E-state index contributed by atoms with van der Waals surface area (Å²) in [5.74, 6) is 0.191. The summed E-state index contributed by atoms with van der Waals surface area (Å²) in [6.45, 7) is 5.27. The summed E-state index contributed by atoms with van der Waals surface area (Å²) in [6.07, 6.45) is -0.00727. The van der Waals surface area contributed by atoms with Crippen LogP contribution in [0, 0.1) is 0 Å². The largest absolute Gasteiger partial charge is 0.495 e. The first kappa shape index (κ1) is 25.2. The third-order valence-electron chi connectivity index (χ3n) is 4.26. The number of rotatable bonds is 8. The van der Waals surface area contributed by atoms with Gasteiger partial charge in [-0.25, -0.2) is 17.9 Å². The summed E-state index contributed by atoms with van der Waals surface area (Å²) in [6, 6.07) is 11.2. The summed E-state index contributed by atoms with van der Waals surface area (Å²) in [4.78, 5) is 24.6. The fraction of sp³-hybridized carbons (Fsp3) is 0.364. The number of hydrogen-bond donors (Lipinski definition) is 3. The van der Waals surface area contributed by atoms with E-state index in [1.165, 1.54) is 26.3 Å². The fourth-order valence-corrected chi connectivity index (χ4v) is 3.46. The van der Waals surface area contributed by atoms with E-state index in [1.54, 1.807) is 51.1 Å². The number of hydrogen-bond acceptors (Lipinski definition) is 6. The van der Waals surface area contributed by atoms with E-state index >= 15 is 0 Å². The molecule has 0 spiro atoms. The van der Waals surface area contributed by atoms with Crippen LogP contribution in [0.3, 0.4) is 0 Å². The number of sulfonamides is 1. The first-order chi connectivity index (χ1) is 14.9. The van der Waals surface area contributed by atoms with Crippen molar-refractivity contribution in [1.82, 2.24) is 4.72 Å². The average Bonchev–Trinajstić information content (AvgIpc) is 2.71. The molecule has 0 aromatic heterocycles. The second kappa shape index (κ2) is 10.5. The summed E-state index contributed by atoms with van der Waals surface area (Å²) < 4.78 is 36.3. The maximum atomic E-state index is 12.4. The number of anilines is 2. The molecule has 9 nitrogen and oxygen atoms in total. The fourth-order valence-electron chi connectivity index (χ4n) is 2.73. The van der Waals surface area contributed by atoms with E-state index in [0.29, 0.717) is 23.5 Å². The molecule has 0 saturated carbocycles. The summed E-state index contributed by atoms with van der Waals surface area (Å²) in [5, 5.41) is 5.40. The molecule has 3 N–H and O–H groups in total. The van der Waals surface area contributed by atoms with Crippen LogP contribution in [0.2, 0.25) is 0 Å². The highest BCUT2D eigenvalue weighted by atomic mass is 32.2. The molecule has 0 radical (unpaired) electrons. The van der Waals surface area contributed by atoms with Crippen LogP contribution in [0.5, 0.6) is 5.75 Å². The SMILES string of the molecule is CNS(=O)(=O)c1ccc(CCC(=O)Nc2ccc(OC)c(NC(=O)OC(C)(C)C)c2)cc1. The topological polar surface area (TPSA) is 123 Å². The van der Waals surface area contributed by atoms with Crippen molar-refractivity contribution in [2.75, 3.05) is 24.8 Å². The molecule has 0 aliphatic rings. The highest BCUT2D eigenvalue weighted by molar-refractivity contribution is 7.89. The number of nitrogens with one attached hydrogen (secondary N) is 3. The normalized spacial score (nSPS) is 11.5. The highest BCUT2D eigenvalue weighted by Gasteiger charge is 2.18. The van der Waals surface area contributed by atoms with Gasteiger partial charge in [-0.05, 0) is 70.1 Å². The van der Waals surface area contributed by atoms with Gasteiger partial charge in [-0.1, -0.05) is 12.1 Å². The monoisotopic (exact) mass is 463 g/mol. The van der Waals surface area contributed by atoms with Crippen LogP contribution in [-0.2, 0) is 26.0 Å². The Balaban J connectivity index is 2.00. The first-order valence-electron chi connectivity index (χ1n) is 9.94. The molecule has 0 atom stereocenters. The van der Waals surface area contributed by atoms with Crippen LogP contribution in [0.25, 0.3) is 0 Å². The second-order valence-corrected chi connectivity index (χ2v) is 9.83. The number of carbonyl (C=O) groups excluding carboxylic acids is 2. The van der Waals surface area contributed by atoms with Crippen molar-refractivity contribution in [3.05, 3.63) is 48.0 Å². The Morgan fingerprint density at radius 1 is 1.00 bits per heavy atom. The minimum Gasteiger partial charge on any atom is -0.495 e. The lowest BCUT2D eigenvalue weighted by Gasteiger charge is -2.20. The van der Waals surface area contributed by atoms with Crippen LogP contribution in [0.15, 0.2) is 47.4 Å². The maximum Gasteiger partial charge on any atom is 0.412 e. The maximum absolute atomic E-state index is 12.4. The van der Waals surface area contributed by atoms with Crippen LogP contribution in [0.1, 0.15) is 32.8 Å². The lowest BCUT2D eigenvalue weighted by atomic mass is 10.1. The standard InChI is InChI=1S/C22H29N3O6S/c1-22(2,3)31-21(27)25-18-14-16(9-12-19(18)30-5)24-20(26)13-8-15-6-10-17(11-7-15)32(28,29)23-4/h6-7,9-12,14,23H,8,13H2,1-5H3,(H,24,26)(H,25,27). The van der Waals surface area contributed by atoms with Gasteiger partial charge in [-0.3, -0.25) is 10.1 Å². The number of amides is 2. The van der Waals surface area contributed by atoms with Crippen molar-refractivity contribution in [3.63, 3.8) is 0 Å². The van der Waals surface area contributed by atoms with Crippen molar-refractivity contribution in [2.45, 2.75) is 44.1 Å². The molecule has 2 aromatic carbocycles. The zero-order valence-corrected chi connectivity index (χ0v) is 19.6. The van der Waals surface area contributed by atoms with Gasteiger partial charge in [0, 0.05) is 12.1 Å². The van der Waals surface area contributed by atoms with Gasteiger partial charge in [0.25, 0.3) is 0 Å². The Hall–Kier alpha value is -3.11. The molecule has 174 valence electrons. The smallest absolute Gasteiger partial charge is 0.412 e. The Labute approximate surface area is 188 Å². The third-order valence-corrected chi connectivity index (χ3v) is 5.69. The molecule has 2 amide bonds. The van der Waals surface area contributed by atoms with E-state index in [1.807, 2.05) is 0 Å². The van der Waals surface area contributed by atoms with Gasteiger partial charge in [0.15, 0.2) is 0 Å². The predicted octanol–water partition coefficient (Wildman–Crippen LogP) is 3.52. The summed E-state index contributed by atoms with van der Waals surface area (Å²) in [7, 11) is -0.673. The van der Waals surface area contributed by atoms with E-state index in [2.05, 4.69) is 15.4 Å². The molecule has 10 heteroatoms. The predicted molar refractivity (Wildman–Crippen MR) is 122 cm³/mol. The van der Waals surface area contributed by atoms with Gasteiger partial charge in [-0.2, -0.15) is 0 Å². The van der Waals surface area contributed by atoms with Crippen molar-refractivity contribution >= 4 is 33.4 Å². The van der Waals surface area contributed by atoms with Gasteiger partial charge < -0.3 is 14.8 Å². The van der Waals surface area contributed by atoms with Crippen molar-refractivity contribution in [2.24, 2.45) is 0 Å². The van der Waals surface area contributed by atoms with Gasteiger partial charge in [0.1, 0.15) is 11.4 Å². The molecular weight excluding hydrogens is 434 g/mol. The summed E-state index contributed by atoms with van der Waals surface area (Å²) >= 11 is 0. The van der Waals surface area contributed by atoms with Gasteiger partial charge in [-0.15, -0.1) is 0 Å². The molecule has 0 aliphatic carbocycles. The van der Waals surface area contributed by atoms with Gasteiger partial charge >= 0.3 is 6.09 Å². The molecular formula is C22H29N3O6S. The van der Waals surface area contributed by atoms with Crippen LogP contribution in [-0.4, -0.2) is 40.2 Å². The average molecular weight is 464 g/mol. The second-order valence-electron chi connectivity index (χ2n) is 7.94. The lowest BCUT2D eigenvalue weighted by molar-refractivity contribution is -0.116. The Kier molecular flexibility index (Phi) is 8.23. The van der Waals surface area contributed by atoms with Crippen molar-refractivity contribution in [3.8, 4) is 5.75 Å². The molecule has 0 bridgehead atoms. The number of methoxy groups -OCH3 is 1. The third kappa shape index (κ3) is 7.54. The van der Waals surface area contributed by atoms with E-state index in [9.17, 15) is 18.0 Å². The first-order valence-corrected chi connectivity index (χ1v) is 11.4. The lowest BCUT2D eigenvalue weighted by Crippen LogP contribution is -2.27. The van der Waals surface area contributed by atoms with Gasteiger partial charge in [0.05, 0.1) is 17.7 Å². The quantitative estimate of drug-likeness (QED) is 0.550.